The maximum absolute atomic E-state index is 13.0. The first-order chi connectivity index (χ1) is 6.57. The lowest BCUT2D eigenvalue weighted by molar-refractivity contribution is 0.423. The summed E-state index contributed by atoms with van der Waals surface area (Å²) in [6.45, 7) is 6.11. The van der Waals surface area contributed by atoms with Crippen LogP contribution in [0.25, 0.3) is 0 Å². The van der Waals surface area contributed by atoms with Crippen LogP contribution < -0.4 is 10.6 Å². The molecular weight excluding hydrogens is 179 g/mol. The Hall–Kier alpha value is -1.25. The molecule has 0 spiro atoms. The number of fused-ring (bicyclic) bond motifs is 1. The molecule has 1 heterocycles. The highest BCUT2D eigenvalue weighted by molar-refractivity contribution is 5.69. The number of hydrogen-bond acceptors (Lipinski definition) is 2. The van der Waals surface area contributed by atoms with E-state index in [1.807, 2.05) is 0 Å². The molecule has 0 radical (unpaired) electrons. The third kappa shape index (κ3) is 1.81. The Balaban J connectivity index is 2.30. The summed E-state index contributed by atoms with van der Waals surface area (Å²) in [5.41, 5.74) is 2.03. The molecule has 0 unspecified atom stereocenters. The van der Waals surface area contributed by atoms with Gasteiger partial charge < -0.3 is 10.6 Å². The summed E-state index contributed by atoms with van der Waals surface area (Å²) in [5.74, 6) is -0.197. The summed E-state index contributed by atoms with van der Waals surface area (Å²) in [4.78, 5) is 0. The van der Waals surface area contributed by atoms with Gasteiger partial charge in [-0.1, -0.05) is 13.8 Å². The smallest absolute Gasteiger partial charge is 0.125 e. The minimum absolute atomic E-state index is 0.190. The molecule has 0 atom stereocenters. The molecule has 0 saturated heterocycles. The number of hydrogen-bond donors (Lipinski definition) is 2. The van der Waals surface area contributed by atoms with Gasteiger partial charge in [-0.25, -0.2) is 4.39 Å². The highest BCUT2D eigenvalue weighted by Gasteiger charge is 2.21. The van der Waals surface area contributed by atoms with E-state index in [0.29, 0.717) is 0 Å². The molecule has 76 valence electrons. The molecule has 0 fully saturated rings. The summed E-state index contributed by atoms with van der Waals surface area (Å²) in [7, 11) is 0. The fourth-order valence-electron chi connectivity index (χ4n) is 1.55. The Bertz CT molecular complexity index is 347. The topological polar surface area (TPSA) is 24.1 Å². The van der Waals surface area contributed by atoms with Crippen molar-refractivity contribution in [1.82, 2.24) is 0 Å². The van der Waals surface area contributed by atoms with E-state index in [1.54, 1.807) is 6.07 Å². The Morgan fingerprint density at radius 3 is 2.50 bits per heavy atom. The summed E-state index contributed by atoms with van der Waals surface area (Å²) < 4.78 is 13.0. The van der Waals surface area contributed by atoms with Gasteiger partial charge in [0.15, 0.2) is 0 Å². The molecule has 2 rings (SSSR count). The molecule has 0 bridgehead atoms. The average Bonchev–Trinajstić information content (AvgIpc) is 2.26. The predicted molar refractivity (Wildman–Crippen MR) is 57.2 cm³/mol. The zero-order valence-electron chi connectivity index (χ0n) is 8.52. The average molecular weight is 194 g/mol. The molecule has 0 saturated carbocycles. The molecule has 3 heteroatoms. The van der Waals surface area contributed by atoms with Crippen LogP contribution in [0, 0.1) is 11.2 Å². The van der Waals surface area contributed by atoms with Crippen molar-refractivity contribution >= 4 is 11.4 Å². The highest BCUT2D eigenvalue weighted by Crippen LogP contribution is 2.29. The molecule has 1 aliphatic heterocycles. The Morgan fingerprint density at radius 1 is 1.14 bits per heavy atom. The maximum Gasteiger partial charge on any atom is 0.125 e. The quantitative estimate of drug-likeness (QED) is 0.663. The van der Waals surface area contributed by atoms with Crippen LogP contribution in [0.3, 0.4) is 0 Å². The first-order valence-corrected chi connectivity index (χ1v) is 4.84. The normalized spacial score (nSPS) is 18.8. The van der Waals surface area contributed by atoms with E-state index in [9.17, 15) is 4.39 Å². The van der Waals surface area contributed by atoms with Crippen LogP contribution in [0.2, 0.25) is 0 Å². The summed E-state index contributed by atoms with van der Waals surface area (Å²) in [6.07, 6.45) is 0. The van der Waals surface area contributed by atoms with Crippen molar-refractivity contribution in [2.24, 2.45) is 5.41 Å². The molecule has 0 aromatic heterocycles. The maximum atomic E-state index is 13.0. The van der Waals surface area contributed by atoms with Gasteiger partial charge in [0.05, 0.1) is 11.4 Å². The van der Waals surface area contributed by atoms with Crippen LogP contribution in [-0.4, -0.2) is 13.1 Å². The van der Waals surface area contributed by atoms with Gasteiger partial charge in [0.2, 0.25) is 0 Å². The minimum Gasteiger partial charge on any atom is -0.383 e. The van der Waals surface area contributed by atoms with Crippen molar-refractivity contribution in [3.63, 3.8) is 0 Å². The molecule has 14 heavy (non-hydrogen) atoms. The minimum atomic E-state index is -0.197. The Labute approximate surface area is 83.5 Å². The van der Waals surface area contributed by atoms with Crippen LogP contribution >= 0.6 is 0 Å². The van der Waals surface area contributed by atoms with E-state index in [2.05, 4.69) is 24.5 Å². The molecule has 2 N–H and O–H groups in total. The van der Waals surface area contributed by atoms with Crippen molar-refractivity contribution in [2.75, 3.05) is 23.7 Å². The third-order valence-corrected chi connectivity index (χ3v) is 2.50. The van der Waals surface area contributed by atoms with E-state index in [-0.39, 0.29) is 11.2 Å². The van der Waals surface area contributed by atoms with Gasteiger partial charge in [-0.3, -0.25) is 0 Å². The summed E-state index contributed by atoms with van der Waals surface area (Å²) in [5, 5.41) is 6.57. The van der Waals surface area contributed by atoms with E-state index in [1.165, 1.54) is 12.1 Å². The zero-order chi connectivity index (χ0) is 10.2. The molecule has 1 aromatic carbocycles. The van der Waals surface area contributed by atoms with E-state index < -0.39 is 0 Å². The zero-order valence-corrected chi connectivity index (χ0v) is 8.52. The lowest BCUT2D eigenvalue weighted by Gasteiger charge is -2.21. The van der Waals surface area contributed by atoms with Gasteiger partial charge in [0.25, 0.3) is 0 Å². The molecule has 2 nitrogen and oxygen atoms in total. The molecule has 0 amide bonds. The monoisotopic (exact) mass is 194 g/mol. The SMILES string of the molecule is CC1(C)CNc2ccc(F)cc2NC1. The lowest BCUT2D eigenvalue weighted by Crippen LogP contribution is -2.27. The largest absolute Gasteiger partial charge is 0.383 e. The second kappa shape index (κ2) is 3.15. The molecular formula is C11H15FN2. The molecule has 1 aromatic rings. The number of nitrogens with one attached hydrogen (secondary N) is 2. The number of halogens is 1. The molecule has 1 aliphatic rings. The van der Waals surface area contributed by atoms with Crippen molar-refractivity contribution in [3.05, 3.63) is 24.0 Å². The second-order valence-electron chi connectivity index (χ2n) is 4.56. The third-order valence-electron chi connectivity index (χ3n) is 2.50. The van der Waals surface area contributed by atoms with Crippen molar-refractivity contribution in [1.29, 1.82) is 0 Å². The van der Waals surface area contributed by atoms with E-state index >= 15 is 0 Å². The number of benzene rings is 1. The van der Waals surface area contributed by atoms with Crippen molar-refractivity contribution < 1.29 is 4.39 Å². The van der Waals surface area contributed by atoms with Crippen LogP contribution in [0.15, 0.2) is 18.2 Å². The Morgan fingerprint density at radius 2 is 1.79 bits per heavy atom. The van der Waals surface area contributed by atoms with Gasteiger partial charge >= 0.3 is 0 Å². The predicted octanol–water partition coefficient (Wildman–Crippen LogP) is 2.69. The first kappa shape index (κ1) is 9.31. The van der Waals surface area contributed by atoms with Crippen LogP contribution in [-0.2, 0) is 0 Å². The van der Waals surface area contributed by atoms with Gasteiger partial charge in [-0.15, -0.1) is 0 Å². The lowest BCUT2D eigenvalue weighted by atomic mass is 9.94. The van der Waals surface area contributed by atoms with Gasteiger partial charge in [0, 0.05) is 13.1 Å². The fourth-order valence-corrected chi connectivity index (χ4v) is 1.55. The standard InChI is InChI=1S/C11H15FN2/c1-11(2)6-13-9-4-3-8(12)5-10(9)14-7-11/h3-5,13-14H,6-7H2,1-2H3. The van der Waals surface area contributed by atoms with Crippen LogP contribution in [0.5, 0.6) is 0 Å². The number of anilines is 2. The Kier molecular flexibility index (Phi) is 2.10. The van der Waals surface area contributed by atoms with Gasteiger partial charge in [-0.05, 0) is 23.6 Å². The van der Waals surface area contributed by atoms with E-state index in [4.69, 9.17) is 0 Å². The first-order valence-electron chi connectivity index (χ1n) is 4.84. The van der Waals surface area contributed by atoms with Crippen LogP contribution in [0.1, 0.15) is 13.8 Å². The second-order valence-corrected chi connectivity index (χ2v) is 4.56. The van der Waals surface area contributed by atoms with Crippen molar-refractivity contribution in [3.8, 4) is 0 Å². The van der Waals surface area contributed by atoms with Gasteiger partial charge in [0.1, 0.15) is 5.82 Å². The highest BCUT2D eigenvalue weighted by atomic mass is 19.1. The number of rotatable bonds is 0. The summed E-state index contributed by atoms with van der Waals surface area (Å²) in [6, 6.07) is 4.79. The van der Waals surface area contributed by atoms with Gasteiger partial charge in [-0.2, -0.15) is 0 Å². The van der Waals surface area contributed by atoms with E-state index in [0.717, 1.165) is 24.5 Å². The van der Waals surface area contributed by atoms with Crippen molar-refractivity contribution in [2.45, 2.75) is 13.8 Å². The fraction of sp³-hybridized carbons (Fsp3) is 0.455. The molecule has 0 aliphatic carbocycles. The van der Waals surface area contributed by atoms with Crippen LogP contribution in [0.4, 0.5) is 15.8 Å². The summed E-state index contributed by atoms with van der Waals surface area (Å²) >= 11 is 0.